The first-order chi connectivity index (χ1) is 11.2. The van der Waals surface area contributed by atoms with Gasteiger partial charge in [-0.2, -0.15) is 0 Å². The van der Waals surface area contributed by atoms with Crippen molar-refractivity contribution >= 4 is 11.6 Å². The zero-order valence-electron chi connectivity index (χ0n) is 13.7. The summed E-state index contributed by atoms with van der Waals surface area (Å²) in [6.07, 6.45) is 2.84. The minimum Gasteiger partial charge on any atom is -0.381 e. The van der Waals surface area contributed by atoms with Crippen LogP contribution in [-0.4, -0.2) is 41.3 Å². The molecule has 0 bridgehead atoms. The molecule has 23 heavy (non-hydrogen) atoms. The molecule has 0 radical (unpaired) electrons. The summed E-state index contributed by atoms with van der Waals surface area (Å²) < 4.78 is 5.45. The third kappa shape index (κ3) is 4.16. The highest BCUT2D eigenvalue weighted by Gasteiger charge is 2.20. The number of nitrogens with one attached hydrogen (secondary N) is 2. The van der Waals surface area contributed by atoms with Gasteiger partial charge in [-0.3, -0.25) is 0 Å². The summed E-state index contributed by atoms with van der Waals surface area (Å²) >= 11 is 0. The first kappa shape index (κ1) is 15.7. The monoisotopic (exact) mass is 313 g/mol. The van der Waals surface area contributed by atoms with E-state index in [0.29, 0.717) is 5.92 Å². The van der Waals surface area contributed by atoms with Crippen molar-refractivity contribution in [2.75, 3.05) is 36.9 Å². The van der Waals surface area contributed by atoms with Crippen molar-refractivity contribution in [2.24, 2.45) is 0 Å². The van der Waals surface area contributed by atoms with Crippen LogP contribution in [0, 0.1) is 13.8 Å². The van der Waals surface area contributed by atoms with Crippen LogP contribution in [0.2, 0.25) is 0 Å². The zero-order chi connectivity index (χ0) is 16.1. The van der Waals surface area contributed by atoms with E-state index in [0.717, 1.165) is 61.4 Å². The second kappa shape index (κ2) is 7.37. The van der Waals surface area contributed by atoms with Crippen molar-refractivity contribution in [3.05, 3.63) is 41.5 Å². The molecule has 1 atom stereocenters. The number of pyridine rings is 1. The molecule has 2 N–H and O–H groups in total. The Labute approximate surface area is 136 Å². The van der Waals surface area contributed by atoms with Crippen LogP contribution in [0.5, 0.6) is 0 Å². The predicted molar refractivity (Wildman–Crippen MR) is 90.9 cm³/mol. The minimum atomic E-state index is 0.395. The minimum absolute atomic E-state index is 0.395. The number of aromatic nitrogens is 3. The number of nitrogens with zero attached hydrogens (tertiary/aromatic N) is 3. The average Bonchev–Trinajstić information content (AvgIpc) is 3.07. The van der Waals surface area contributed by atoms with E-state index in [-0.39, 0.29) is 0 Å². The summed E-state index contributed by atoms with van der Waals surface area (Å²) in [7, 11) is 0. The Bertz CT molecular complexity index is 655. The molecule has 1 fully saturated rings. The quantitative estimate of drug-likeness (QED) is 0.799. The second-order valence-corrected chi connectivity index (χ2v) is 5.81. The maximum atomic E-state index is 5.45. The summed E-state index contributed by atoms with van der Waals surface area (Å²) in [5.74, 6) is 2.99. The van der Waals surface area contributed by atoms with E-state index < -0.39 is 0 Å². The van der Waals surface area contributed by atoms with Crippen LogP contribution in [0.4, 0.5) is 11.6 Å². The SMILES string of the molecule is Cc1nc(NCCNc2ncccc2C)cc(C2CCOC2)n1. The van der Waals surface area contributed by atoms with Crippen LogP contribution in [-0.2, 0) is 4.74 Å². The van der Waals surface area contributed by atoms with Crippen LogP contribution in [0.3, 0.4) is 0 Å². The smallest absolute Gasteiger partial charge is 0.129 e. The van der Waals surface area contributed by atoms with E-state index in [1.165, 1.54) is 0 Å². The van der Waals surface area contributed by atoms with Crippen molar-refractivity contribution in [1.29, 1.82) is 0 Å². The fraction of sp³-hybridized carbons (Fsp3) is 0.471. The van der Waals surface area contributed by atoms with Gasteiger partial charge < -0.3 is 15.4 Å². The van der Waals surface area contributed by atoms with Gasteiger partial charge in [0.15, 0.2) is 0 Å². The molecule has 6 heteroatoms. The standard InChI is InChI=1S/C17H23N5O/c1-12-4-3-6-19-17(12)20-8-7-18-16-10-15(21-13(2)22-16)14-5-9-23-11-14/h3-4,6,10,14H,5,7-9,11H2,1-2H3,(H,19,20)(H,18,21,22). The van der Waals surface area contributed by atoms with Crippen LogP contribution < -0.4 is 10.6 Å². The number of hydrogen-bond donors (Lipinski definition) is 2. The molecular formula is C17H23N5O. The molecule has 1 saturated heterocycles. The van der Waals surface area contributed by atoms with E-state index in [2.05, 4.69) is 25.6 Å². The van der Waals surface area contributed by atoms with E-state index in [4.69, 9.17) is 4.74 Å². The van der Waals surface area contributed by atoms with Gasteiger partial charge in [0, 0.05) is 37.9 Å². The highest BCUT2D eigenvalue weighted by atomic mass is 16.5. The van der Waals surface area contributed by atoms with Gasteiger partial charge in [0.25, 0.3) is 0 Å². The third-order valence-corrected chi connectivity index (χ3v) is 3.94. The molecule has 0 amide bonds. The lowest BCUT2D eigenvalue weighted by molar-refractivity contribution is 0.193. The normalized spacial score (nSPS) is 17.2. The lowest BCUT2D eigenvalue weighted by Gasteiger charge is -2.12. The van der Waals surface area contributed by atoms with Gasteiger partial charge in [-0.05, 0) is 31.9 Å². The van der Waals surface area contributed by atoms with Crippen LogP contribution >= 0.6 is 0 Å². The Morgan fingerprint density at radius 3 is 2.87 bits per heavy atom. The first-order valence-corrected chi connectivity index (χ1v) is 8.05. The predicted octanol–water partition coefficient (Wildman–Crippen LogP) is 2.52. The van der Waals surface area contributed by atoms with E-state index in [1.807, 2.05) is 32.0 Å². The third-order valence-electron chi connectivity index (χ3n) is 3.94. The molecule has 0 spiro atoms. The second-order valence-electron chi connectivity index (χ2n) is 5.81. The zero-order valence-corrected chi connectivity index (χ0v) is 13.7. The van der Waals surface area contributed by atoms with Gasteiger partial charge >= 0.3 is 0 Å². The number of ether oxygens (including phenoxy) is 1. The van der Waals surface area contributed by atoms with Crippen molar-refractivity contribution in [3.8, 4) is 0 Å². The molecule has 1 aliphatic rings. The molecule has 0 saturated carbocycles. The fourth-order valence-corrected chi connectivity index (χ4v) is 2.70. The summed E-state index contributed by atoms with van der Waals surface area (Å²) in [6.45, 7) is 7.11. The number of anilines is 2. The van der Waals surface area contributed by atoms with Crippen LogP contribution in [0.25, 0.3) is 0 Å². The highest BCUT2D eigenvalue weighted by molar-refractivity contribution is 5.43. The van der Waals surface area contributed by atoms with E-state index in [9.17, 15) is 0 Å². The molecular weight excluding hydrogens is 290 g/mol. The van der Waals surface area contributed by atoms with Gasteiger partial charge in [-0.25, -0.2) is 15.0 Å². The topological polar surface area (TPSA) is 72.0 Å². The molecule has 0 aliphatic carbocycles. The summed E-state index contributed by atoms with van der Waals surface area (Å²) in [6, 6.07) is 6.03. The molecule has 6 nitrogen and oxygen atoms in total. The molecule has 2 aromatic rings. The van der Waals surface area contributed by atoms with Crippen molar-refractivity contribution < 1.29 is 4.74 Å². The average molecular weight is 313 g/mol. The number of aryl methyl sites for hydroxylation is 2. The number of hydrogen-bond acceptors (Lipinski definition) is 6. The van der Waals surface area contributed by atoms with Gasteiger partial charge in [-0.1, -0.05) is 6.07 Å². The van der Waals surface area contributed by atoms with Gasteiger partial charge in [0.1, 0.15) is 17.5 Å². The van der Waals surface area contributed by atoms with E-state index >= 15 is 0 Å². The Hall–Kier alpha value is -2.21. The lowest BCUT2D eigenvalue weighted by atomic mass is 10.0. The molecule has 3 rings (SSSR count). The van der Waals surface area contributed by atoms with Gasteiger partial charge in [0.2, 0.25) is 0 Å². The van der Waals surface area contributed by atoms with Crippen molar-refractivity contribution in [1.82, 2.24) is 15.0 Å². The maximum Gasteiger partial charge on any atom is 0.129 e. The molecule has 0 aromatic carbocycles. The van der Waals surface area contributed by atoms with Crippen LogP contribution in [0.1, 0.15) is 29.4 Å². The summed E-state index contributed by atoms with van der Waals surface area (Å²) in [4.78, 5) is 13.3. The van der Waals surface area contributed by atoms with E-state index in [1.54, 1.807) is 6.20 Å². The molecule has 1 unspecified atom stereocenters. The Morgan fingerprint density at radius 1 is 1.22 bits per heavy atom. The first-order valence-electron chi connectivity index (χ1n) is 8.05. The van der Waals surface area contributed by atoms with Gasteiger partial charge in [-0.15, -0.1) is 0 Å². The molecule has 3 heterocycles. The largest absolute Gasteiger partial charge is 0.381 e. The summed E-state index contributed by atoms with van der Waals surface area (Å²) in [5, 5.41) is 6.69. The molecule has 122 valence electrons. The van der Waals surface area contributed by atoms with Crippen LogP contribution in [0.15, 0.2) is 24.4 Å². The highest BCUT2D eigenvalue weighted by Crippen LogP contribution is 2.24. The lowest BCUT2D eigenvalue weighted by Crippen LogP contribution is -2.16. The Morgan fingerprint density at radius 2 is 2.09 bits per heavy atom. The number of rotatable bonds is 6. The molecule has 1 aliphatic heterocycles. The van der Waals surface area contributed by atoms with Crippen molar-refractivity contribution in [2.45, 2.75) is 26.2 Å². The Kier molecular flexibility index (Phi) is 5.02. The summed E-state index contributed by atoms with van der Waals surface area (Å²) in [5.41, 5.74) is 2.22. The maximum absolute atomic E-state index is 5.45. The Balaban J connectivity index is 1.54. The van der Waals surface area contributed by atoms with Crippen molar-refractivity contribution in [3.63, 3.8) is 0 Å². The fourth-order valence-electron chi connectivity index (χ4n) is 2.70. The molecule has 2 aromatic heterocycles. The van der Waals surface area contributed by atoms with Gasteiger partial charge in [0.05, 0.1) is 12.3 Å².